The largest absolute Gasteiger partial charge is 0.354 e. The first kappa shape index (κ1) is 32.1. The molecular formula is C31H37ClFN3O4S. The number of hydrogen-bond donors (Lipinski definition) is 1. The second kappa shape index (κ2) is 15.5. The van der Waals surface area contributed by atoms with Crippen LogP contribution in [-0.4, -0.2) is 50.5 Å². The van der Waals surface area contributed by atoms with E-state index < -0.39 is 21.9 Å². The lowest BCUT2D eigenvalue weighted by Gasteiger charge is -2.32. The van der Waals surface area contributed by atoms with E-state index in [1.807, 2.05) is 37.3 Å². The molecule has 1 N–H and O–H groups in total. The van der Waals surface area contributed by atoms with Gasteiger partial charge in [0.15, 0.2) is 0 Å². The molecule has 0 unspecified atom stereocenters. The predicted molar refractivity (Wildman–Crippen MR) is 162 cm³/mol. The van der Waals surface area contributed by atoms with Crippen LogP contribution in [0.1, 0.15) is 43.7 Å². The predicted octanol–water partition coefficient (Wildman–Crippen LogP) is 5.58. The van der Waals surface area contributed by atoms with Crippen molar-refractivity contribution in [3.8, 4) is 0 Å². The average Bonchev–Trinajstić information content (AvgIpc) is 2.94. The summed E-state index contributed by atoms with van der Waals surface area (Å²) in [5.41, 5.74) is 1.59. The normalized spacial score (nSPS) is 12.0. The Hall–Kier alpha value is -3.43. The smallest absolute Gasteiger partial charge is 0.243 e. The molecule has 3 aromatic rings. The Bertz CT molecular complexity index is 1390. The topological polar surface area (TPSA) is 86.8 Å². The maximum absolute atomic E-state index is 14.7. The molecule has 0 fully saturated rings. The first-order valence-corrected chi connectivity index (χ1v) is 15.9. The van der Waals surface area contributed by atoms with Crippen LogP contribution in [0, 0.1) is 5.82 Å². The van der Waals surface area contributed by atoms with E-state index in [4.69, 9.17) is 11.6 Å². The van der Waals surface area contributed by atoms with Gasteiger partial charge in [-0.2, -0.15) is 0 Å². The lowest BCUT2D eigenvalue weighted by atomic mass is 10.0. The standard InChI is InChI=1S/C31H37ClFN3O4S/c1-3-4-20-34-31(38)29(22-24-11-6-5-7-12-24)35(23-25-13-8-9-14-28(25)33)30(37)15-10-21-36(41(2,39)40)27-18-16-26(32)17-19-27/h5-9,11-14,16-19,29H,3-4,10,15,20-23H2,1-2H3,(H,34,38)/t29-/m1/s1. The highest BCUT2D eigenvalue weighted by Gasteiger charge is 2.31. The first-order valence-electron chi connectivity index (χ1n) is 13.7. The first-order chi connectivity index (χ1) is 19.6. The third kappa shape index (κ3) is 9.86. The summed E-state index contributed by atoms with van der Waals surface area (Å²) in [6, 6.07) is 21.1. The maximum atomic E-state index is 14.7. The number of sulfonamides is 1. The van der Waals surface area contributed by atoms with Crippen LogP contribution in [0.15, 0.2) is 78.9 Å². The minimum atomic E-state index is -3.63. The number of nitrogens with zero attached hydrogens (tertiary/aromatic N) is 2. The SMILES string of the molecule is CCCCNC(=O)[C@@H](Cc1ccccc1)N(Cc1ccccc1F)C(=O)CCCN(c1ccc(Cl)cc1)S(C)(=O)=O. The molecule has 41 heavy (non-hydrogen) atoms. The van der Waals surface area contributed by atoms with Gasteiger partial charge in [-0.15, -0.1) is 0 Å². The molecule has 0 spiro atoms. The fourth-order valence-electron chi connectivity index (χ4n) is 4.48. The van der Waals surface area contributed by atoms with Crippen LogP contribution in [0.2, 0.25) is 5.02 Å². The second-order valence-corrected chi connectivity index (χ2v) is 12.2. The van der Waals surface area contributed by atoms with Gasteiger partial charge in [0, 0.05) is 43.1 Å². The number of unbranched alkanes of at least 4 members (excludes halogenated alkanes) is 1. The molecule has 0 saturated carbocycles. The number of hydrogen-bond acceptors (Lipinski definition) is 4. The number of carbonyl (C=O) groups is 2. The molecule has 0 bridgehead atoms. The molecule has 0 aliphatic carbocycles. The van der Waals surface area contributed by atoms with E-state index in [-0.39, 0.29) is 44.2 Å². The van der Waals surface area contributed by atoms with Crippen LogP contribution < -0.4 is 9.62 Å². The van der Waals surface area contributed by atoms with Crippen LogP contribution in [0.5, 0.6) is 0 Å². The number of amides is 2. The summed E-state index contributed by atoms with van der Waals surface area (Å²) in [6.45, 7) is 2.43. The van der Waals surface area contributed by atoms with E-state index in [0.717, 1.165) is 24.7 Å². The summed E-state index contributed by atoms with van der Waals surface area (Å²) < 4.78 is 41.0. The second-order valence-electron chi connectivity index (χ2n) is 9.88. The lowest BCUT2D eigenvalue weighted by Crippen LogP contribution is -2.50. The van der Waals surface area contributed by atoms with Gasteiger partial charge in [0.05, 0.1) is 11.9 Å². The molecule has 0 aromatic heterocycles. The van der Waals surface area contributed by atoms with Crippen molar-refractivity contribution in [2.45, 2.75) is 51.6 Å². The molecule has 0 aliphatic heterocycles. The Morgan fingerprint density at radius 3 is 2.24 bits per heavy atom. The van der Waals surface area contributed by atoms with Gasteiger partial charge < -0.3 is 10.2 Å². The van der Waals surface area contributed by atoms with Crippen molar-refractivity contribution in [3.05, 3.63) is 101 Å². The van der Waals surface area contributed by atoms with Gasteiger partial charge in [-0.25, -0.2) is 12.8 Å². The van der Waals surface area contributed by atoms with Crippen molar-refractivity contribution in [1.82, 2.24) is 10.2 Å². The summed E-state index contributed by atoms with van der Waals surface area (Å²) in [7, 11) is -3.63. The lowest BCUT2D eigenvalue weighted by molar-refractivity contribution is -0.141. The van der Waals surface area contributed by atoms with Gasteiger partial charge in [0.1, 0.15) is 11.9 Å². The van der Waals surface area contributed by atoms with E-state index in [2.05, 4.69) is 5.32 Å². The fourth-order valence-corrected chi connectivity index (χ4v) is 5.57. The Morgan fingerprint density at radius 2 is 1.61 bits per heavy atom. The van der Waals surface area contributed by atoms with Crippen molar-refractivity contribution in [2.75, 3.05) is 23.7 Å². The summed E-state index contributed by atoms with van der Waals surface area (Å²) in [5.74, 6) is -1.16. The number of anilines is 1. The minimum absolute atomic E-state index is 0.0401. The Morgan fingerprint density at radius 1 is 0.951 bits per heavy atom. The quantitative estimate of drug-likeness (QED) is 0.230. The molecule has 0 saturated heterocycles. The van der Waals surface area contributed by atoms with Crippen molar-refractivity contribution >= 4 is 39.1 Å². The van der Waals surface area contributed by atoms with E-state index >= 15 is 0 Å². The molecule has 3 rings (SSSR count). The van der Waals surface area contributed by atoms with Gasteiger partial charge in [0.25, 0.3) is 0 Å². The number of nitrogens with one attached hydrogen (secondary N) is 1. The van der Waals surface area contributed by atoms with Crippen LogP contribution in [-0.2, 0) is 32.6 Å². The minimum Gasteiger partial charge on any atom is -0.354 e. The zero-order valence-corrected chi connectivity index (χ0v) is 25.0. The van der Waals surface area contributed by atoms with E-state index in [1.54, 1.807) is 42.5 Å². The Balaban J connectivity index is 1.87. The number of rotatable bonds is 15. The molecule has 1 atom stereocenters. The van der Waals surface area contributed by atoms with Gasteiger partial charge in [-0.05, 0) is 48.7 Å². The molecule has 0 heterocycles. The Labute approximate surface area is 247 Å². The van der Waals surface area contributed by atoms with Crippen molar-refractivity contribution in [3.63, 3.8) is 0 Å². The van der Waals surface area contributed by atoms with Gasteiger partial charge in [-0.1, -0.05) is 73.5 Å². The van der Waals surface area contributed by atoms with Crippen LogP contribution in [0.3, 0.4) is 0 Å². The summed E-state index contributed by atoms with van der Waals surface area (Å²) in [4.78, 5) is 28.7. The molecule has 0 aliphatic rings. The monoisotopic (exact) mass is 601 g/mol. The van der Waals surface area contributed by atoms with Gasteiger partial charge >= 0.3 is 0 Å². The molecule has 0 radical (unpaired) electrons. The average molecular weight is 602 g/mol. The molecule has 3 aromatic carbocycles. The molecular weight excluding hydrogens is 565 g/mol. The number of carbonyl (C=O) groups excluding carboxylic acids is 2. The molecule has 10 heteroatoms. The summed E-state index contributed by atoms with van der Waals surface area (Å²) >= 11 is 5.96. The van der Waals surface area contributed by atoms with E-state index in [9.17, 15) is 22.4 Å². The van der Waals surface area contributed by atoms with Crippen molar-refractivity contribution < 1.29 is 22.4 Å². The molecule has 220 valence electrons. The van der Waals surface area contributed by atoms with Crippen LogP contribution >= 0.6 is 11.6 Å². The zero-order valence-electron chi connectivity index (χ0n) is 23.4. The maximum Gasteiger partial charge on any atom is 0.243 e. The van der Waals surface area contributed by atoms with Crippen LogP contribution in [0.4, 0.5) is 10.1 Å². The van der Waals surface area contributed by atoms with Crippen molar-refractivity contribution in [2.24, 2.45) is 0 Å². The zero-order chi connectivity index (χ0) is 29.8. The van der Waals surface area contributed by atoms with E-state index in [0.29, 0.717) is 22.8 Å². The van der Waals surface area contributed by atoms with E-state index in [1.165, 1.54) is 15.3 Å². The fraction of sp³-hybridized carbons (Fsp3) is 0.355. The highest BCUT2D eigenvalue weighted by Crippen LogP contribution is 2.22. The third-order valence-corrected chi connectivity index (χ3v) is 8.11. The Kier molecular flexibility index (Phi) is 12.2. The number of halogens is 2. The summed E-state index contributed by atoms with van der Waals surface area (Å²) in [6.07, 6.45) is 3.19. The summed E-state index contributed by atoms with van der Waals surface area (Å²) in [5, 5.41) is 3.41. The van der Waals surface area contributed by atoms with Crippen LogP contribution in [0.25, 0.3) is 0 Å². The molecule has 2 amide bonds. The van der Waals surface area contributed by atoms with Gasteiger partial charge in [0.2, 0.25) is 21.8 Å². The van der Waals surface area contributed by atoms with Crippen molar-refractivity contribution in [1.29, 1.82) is 0 Å². The van der Waals surface area contributed by atoms with Gasteiger partial charge in [-0.3, -0.25) is 13.9 Å². The third-order valence-electron chi connectivity index (χ3n) is 6.67. The number of benzene rings is 3. The highest BCUT2D eigenvalue weighted by molar-refractivity contribution is 7.92. The molecule has 7 nitrogen and oxygen atoms in total. The highest BCUT2D eigenvalue weighted by atomic mass is 35.5.